The van der Waals surface area contributed by atoms with Gasteiger partial charge in [-0.25, -0.2) is 0 Å². The van der Waals surface area contributed by atoms with E-state index in [1.165, 1.54) is 27.5 Å². The van der Waals surface area contributed by atoms with Crippen molar-refractivity contribution in [3.63, 3.8) is 0 Å². The molecule has 0 bridgehead atoms. The van der Waals surface area contributed by atoms with E-state index in [2.05, 4.69) is 54.6 Å². The van der Waals surface area contributed by atoms with Gasteiger partial charge in [-0.1, -0.05) is 66.7 Å². The monoisotopic (exact) mass is 296 g/mol. The first-order valence-corrected chi connectivity index (χ1v) is 8.04. The second-order valence-corrected chi connectivity index (χ2v) is 6.34. The van der Waals surface area contributed by atoms with Crippen LogP contribution in [-0.4, -0.2) is 5.11 Å². The number of benzene rings is 4. The maximum Gasteiger partial charge on any atom is 0.123 e. The van der Waals surface area contributed by atoms with E-state index in [0.29, 0.717) is 11.7 Å². The fourth-order valence-corrected chi connectivity index (χ4v) is 4.14. The summed E-state index contributed by atoms with van der Waals surface area (Å²) >= 11 is 0. The first kappa shape index (κ1) is 12.7. The Bertz CT molecular complexity index is 1060. The number of fused-ring (bicyclic) bond motifs is 1. The minimum absolute atomic E-state index is 0.359. The van der Waals surface area contributed by atoms with Gasteiger partial charge in [0.05, 0.1) is 0 Å². The molecule has 0 radical (unpaired) electrons. The molecule has 23 heavy (non-hydrogen) atoms. The van der Waals surface area contributed by atoms with Crippen LogP contribution in [0, 0.1) is 0 Å². The fourth-order valence-electron chi connectivity index (χ4n) is 4.14. The Labute approximate surface area is 134 Å². The fraction of sp³-hybridized carbons (Fsp3) is 0.0909. The summed E-state index contributed by atoms with van der Waals surface area (Å²) in [5.74, 6) is 0.722. The van der Waals surface area contributed by atoms with Gasteiger partial charge in [-0.2, -0.15) is 0 Å². The maximum absolute atomic E-state index is 10.2. The van der Waals surface area contributed by atoms with Crippen molar-refractivity contribution < 1.29 is 5.11 Å². The minimum Gasteiger partial charge on any atom is -0.507 e. The highest BCUT2D eigenvalue weighted by atomic mass is 16.3. The molecule has 1 heteroatoms. The predicted molar refractivity (Wildman–Crippen MR) is 95.1 cm³/mol. The van der Waals surface area contributed by atoms with Gasteiger partial charge < -0.3 is 5.11 Å². The molecule has 4 aromatic carbocycles. The van der Waals surface area contributed by atoms with Crippen LogP contribution in [0.1, 0.15) is 22.6 Å². The molecule has 0 amide bonds. The highest BCUT2D eigenvalue weighted by Crippen LogP contribution is 2.44. The van der Waals surface area contributed by atoms with Crippen LogP contribution in [0.3, 0.4) is 0 Å². The summed E-state index contributed by atoms with van der Waals surface area (Å²) in [7, 11) is 0. The number of hydrogen-bond donors (Lipinski definition) is 1. The van der Waals surface area contributed by atoms with Crippen LogP contribution in [-0.2, 0) is 6.42 Å². The lowest BCUT2D eigenvalue weighted by molar-refractivity contribution is 0.481. The topological polar surface area (TPSA) is 20.2 Å². The van der Waals surface area contributed by atoms with Crippen LogP contribution in [0.2, 0.25) is 0 Å². The third-order valence-corrected chi connectivity index (χ3v) is 5.13. The molecule has 4 aromatic rings. The van der Waals surface area contributed by atoms with Crippen molar-refractivity contribution in [2.45, 2.75) is 12.3 Å². The first-order chi connectivity index (χ1) is 11.3. The normalized spacial score (nSPS) is 16.3. The Morgan fingerprint density at radius 2 is 1.39 bits per heavy atom. The molecule has 1 aliphatic rings. The van der Waals surface area contributed by atoms with Crippen molar-refractivity contribution >= 4 is 21.5 Å². The number of aromatic hydroxyl groups is 1. The lowest BCUT2D eigenvalue weighted by Gasteiger charge is -2.16. The summed E-state index contributed by atoms with van der Waals surface area (Å²) in [6.07, 6.45) is 1.03. The number of phenols is 1. The van der Waals surface area contributed by atoms with Gasteiger partial charge in [0, 0.05) is 11.3 Å². The van der Waals surface area contributed by atoms with Crippen molar-refractivity contribution in [3.05, 3.63) is 89.5 Å². The molecule has 1 nitrogen and oxygen atoms in total. The van der Waals surface area contributed by atoms with Crippen LogP contribution in [0.4, 0.5) is 0 Å². The molecular weight excluding hydrogens is 280 g/mol. The number of rotatable bonds is 1. The summed E-state index contributed by atoms with van der Waals surface area (Å²) in [6, 6.07) is 25.3. The summed E-state index contributed by atoms with van der Waals surface area (Å²) < 4.78 is 0. The Morgan fingerprint density at radius 1 is 0.696 bits per heavy atom. The first-order valence-electron chi connectivity index (χ1n) is 8.04. The van der Waals surface area contributed by atoms with Crippen molar-refractivity contribution in [2.24, 2.45) is 0 Å². The Hall–Kier alpha value is -2.80. The summed E-state index contributed by atoms with van der Waals surface area (Å²) in [5.41, 5.74) is 4.15. The van der Waals surface area contributed by atoms with Gasteiger partial charge >= 0.3 is 0 Å². The minimum atomic E-state index is 0.359. The lowest BCUT2D eigenvalue weighted by Crippen LogP contribution is -1.99. The van der Waals surface area contributed by atoms with E-state index in [0.717, 1.165) is 17.2 Å². The molecule has 0 spiro atoms. The molecule has 1 aliphatic carbocycles. The number of hydrogen-bond acceptors (Lipinski definition) is 1. The van der Waals surface area contributed by atoms with Crippen molar-refractivity contribution in [3.8, 4) is 5.75 Å². The molecule has 0 heterocycles. The summed E-state index contributed by atoms with van der Waals surface area (Å²) in [4.78, 5) is 0. The molecule has 0 saturated carbocycles. The van der Waals surface area contributed by atoms with Gasteiger partial charge in [-0.3, -0.25) is 0 Å². The van der Waals surface area contributed by atoms with E-state index in [1.807, 2.05) is 12.1 Å². The Morgan fingerprint density at radius 3 is 2.30 bits per heavy atom. The van der Waals surface area contributed by atoms with Crippen LogP contribution < -0.4 is 0 Å². The van der Waals surface area contributed by atoms with Gasteiger partial charge in [0.2, 0.25) is 0 Å². The number of phenolic OH excluding ortho intramolecular Hbond substituents is 1. The third kappa shape index (κ3) is 1.74. The zero-order valence-electron chi connectivity index (χ0n) is 12.7. The SMILES string of the molecule is Oc1cccc2c(C3Cc4cccc5cccc3c45)cccc12. The Kier molecular flexibility index (Phi) is 2.54. The molecule has 0 fully saturated rings. The molecule has 0 saturated heterocycles. The van der Waals surface area contributed by atoms with Crippen molar-refractivity contribution in [1.82, 2.24) is 0 Å². The van der Waals surface area contributed by atoms with Crippen molar-refractivity contribution in [2.75, 3.05) is 0 Å². The van der Waals surface area contributed by atoms with Gasteiger partial charge in [-0.15, -0.1) is 0 Å². The van der Waals surface area contributed by atoms with E-state index >= 15 is 0 Å². The average molecular weight is 296 g/mol. The zero-order chi connectivity index (χ0) is 15.4. The Balaban J connectivity index is 1.80. The maximum atomic E-state index is 10.2. The van der Waals surface area contributed by atoms with Crippen LogP contribution >= 0.6 is 0 Å². The summed E-state index contributed by atoms with van der Waals surface area (Å²) in [6.45, 7) is 0. The molecule has 0 aliphatic heterocycles. The van der Waals surface area contributed by atoms with Gasteiger partial charge in [0.15, 0.2) is 0 Å². The third-order valence-electron chi connectivity index (χ3n) is 5.13. The van der Waals surface area contributed by atoms with E-state index < -0.39 is 0 Å². The molecule has 0 aromatic heterocycles. The highest BCUT2D eigenvalue weighted by Gasteiger charge is 2.26. The second kappa shape index (κ2) is 4.60. The largest absolute Gasteiger partial charge is 0.507 e. The summed E-state index contributed by atoms with van der Waals surface area (Å²) in [5, 5.41) is 15.0. The van der Waals surface area contributed by atoms with E-state index in [9.17, 15) is 5.11 Å². The molecule has 5 rings (SSSR count). The standard InChI is InChI=1S/C22H16O/c23-21-12-4-9-16-17(8-3-10-18(16)21)20-13-15-7-1-5-14-6-2-11-19(20)22(14)15/h1-12,20,23H,13H2. The molecule has 1 N–H and O–H groups in total. The molecule has 1 unspecified atom stereocenters. The highest BCUT2D eigenvalue weighted by molar-refractivity contribution is 5.95. The molecule has 1 atom stereocenters. The van der Waals surface area contributed by atoms with E-state index in [-0.39, 0.29) is 0 Å². The predicted octanol–water partition coefficient (Wildman–Crippen LogP) is 5.39. The molecule has 110 valence electrons. The average Bonchev–Trinajstić information content (AvgIpc) is 2.96. The van der Waals surface area contributed by atoms with Gasteiger partial charge in [0.25, 0.3) is 0 Å². The quantitative estimate of drug-likeness (QED) is 0.499. The smallest absolute Gasteiger partial charge is 0.123 e. The van der Waals surface area contributed by atoms with Crippen molar-refractivity contribution in [1.29, 1.82) is 0 Å². The van der Waals surface area contributed by atoms with Gasteiger partial charge in [0.1, 0.15) is 5.75 Å². The zero-order valence-corrected chi connectivity index (χ0v) is 12.7. The van der Waals surface area contributed by atoms with Gasteiger partial charge in [-0.05, 0) is 45.3 Å². The van der Waals surface area contributed by atoms with Crippen LogP contribution in [0.5, 0.6) is 5.75 Å². The van der Waals surface area contributed by atoms with E-state index in [1.54, 1.807) is 6.07 Å². The lowest BCUT2D eigenvalue weighted by atomic mass is 9.88. The van der Waals surface area contributed by atoms with Crippen LogP contribution in [0.15, 0.2) is 72.8 Å². The van der Waals surface area contributed by atoms with E-state index in [4.69, 9.17) is 0 Å². The van der Waals surface area contributed by atoms with Crippen LogP contribution in [0.25, 0.3) is 21.5 Å². The molecular formula is C22H16O. The second-order valence-electron chi connectivity index (χ2n) is 6.34.